The Kier molecular flexibility index (Phi) is 6.40. The normalized spacial score (nSPS) is 14.1. The van der Waals surface area contributed by atoms with Crippen molar-refractivity contribution in [1.82, 2.24) is 24.9 Å². The van der Waals surface area contributed by atoms with E-state index in [4.69, 9.17) is 16.3 Å². The Bertz CT molecular complexity index is 1700. The Morgan fingerprint density at radius 2 is 1.58 bits per heavy atom. The lowest BCUT2D eigenvalue weighted by Gasteiger charge is -2.26. The number of aromatic amines is 1. The molecule has 0 atom stereocenters. The van der Waals surface area contributed by atoms with Crippen molar-refractivity contribution in [2.45, 2.75) is 4.90 Å². The number of hydrogen-bond acceptors (Lipinski definition) is 8. The van der Waals surface area contributed by atoms with E-state index in [2.05, 4.69) is 34.5 Å². The summed E-state index contributed by atoms with van der Waals surface area (Å²) >= 11 is 6.25. The van der Waals surface area contributed by atoms with Crippen molar-refractivity contribution in [3.8, 4) is 22.3 Å². The van der Waals surface area contributed by atoms with Gasteiger partial charge in [-0.05, 0) is 24.3 Å². The highest BCUT2D eigenvalue weighted by Gasteiger charge is 2.18. The van der Waals surface area contributed by atoms with Crippen LogP contribution in [0, 0.1) is 0 Å². The van der Waals surface area contributed by atoms with Crippen LogP contribution in [0.3, 0.4) is 0 Å². The number of benzene rings is 1. The molecule has 0 aliphatic carbocycles. The summed E-state index contributed by atoms with van der Waals surface area (Å²) in [6, 6.07) is 11.7. The van der Waals surface area contributed by atoms with Crippen molar-refractivity contribution in [2.75, 3.05) is 35.9 Å². The average Bonchev–Trinajstić information content (AvgIpc) is 3.38. The summed E-state index contributed by atoms with van der Waals surface area (Å²) in [5.74, 6) is 0.674. The molecular weight excluding hydrogens is 526 g/mol. The molecule has 192 valence electrons. The first-order valence-corrected chi connectivity index (χ1v) is 13.7. The Balaban J connectivity index is 1.31. The van der Waals surface area contributed by atoms with Crippen LogP contribution in [-0.4, -0.2) is 59.6 Å². The zero-order valence-electron chi connectivity index (χ0n) is 20.0. The number of ether oxygens (including phenoxy) is 1. The molecule has 0 amide bonds. The maximum Gasteiger partial charge on any atom is 0.261 e. The van der Waals surface area contributed by atoms with Gasteiger partial charge in [-0.3, -0.25) is 4.72 Å². The third-order valence-electron chi connectivity index (χ3n) is 6.24. The molecule has 10 nitrogen and oxygen atoms in total. The van der Waals surface area contributed by atoms with Crippen LogP contribution < -0.4 is 9.62 Å². The van der Waals surface area contributed by atoms with Crippen LogP contribution in [0.2, 0.25) is 5.15 Å². The third-order valence-corrected chi connectivity index (χ3v) is 7.93. The van der Waals surface area contributed by atoms with Gasteiger partial charge in [0.05, 0.1) is 23.8 Å². The second kappa shape index (κ2) is 10.0. The fourth-order valence-corrected chi connectivity index (χ4v) is 5.55. The topological polar surface area (TPSA) is 126 Å². The number of halogens is 1. The molecular formula is C26H22ClN7O3S. The molecule has 6 rings (SSSR count). The number of nitrogens with zero attached hydrogens (tertiary/aromatic N) is 5. The number of anilines is 2. The molecule has 0 spiro atoms. The van der Waals surface area contributed by atoms with Crippen molar-refractivity contribution in [1.29, 1.82) is 0 Å². The largest absolute Gasteiger partial charge is 0.378 e. The number of hydrogen-bond donors (Lipinski definition) is 2. The SMILES string of the molecule is O=S(=O)(Nc1cc(-c2cnc3[nH]cc(-c4cnc(N5CCOCC5)nc4)c3c2)cnc1Cl)c1ccccc1. The number of nitrogens with one attached hydrogen (secondary N) is 2. The minimum atomic E-state index is -3.83. The van der Waals surface area contributed by atoms with Crippen LogP contribution in [0.4, 0.5) is 11.6 Å². The van der Waals surface area contributed by atoms with Gasteiger partial charge in [0.1, 0.15) is 5.65 Å². The molecule has 0 unspecified atom stereocenters. The van der Waals surface area contributed by atoms with E-state index in [1.807, 2.05) is 12.3 Å². The summed E-state index contributed by atoms with van der Waals surface area (Å²) in [7, 11) is -3.83. The second-order valence-electron chi connectivity index (χ2n) is 8.67. The van der Waals surface area contributed by atoms with Crippen molar-refractivity contribution in [2.24, 2.45) is 0 Å². The van der Waals surface area contributed by atoms with Gasteiger partial charge in [-0.2, -0.15) is 0 Å². The molecule has 2 N–H and O–H groups in total. The molecule has 1 fully saturated rings. The number of fused-ring (bicyclic) bond motifs is 1. The van der Waals surface area contributed by atoms with Gasteiger partial charge in [0.25, 0.3) is 10.0 Å². The predicted octanol–water partition coefficient (Wildman–Crippen LogP) is 4.37. The van der Waals surface area contributed by atoms with Crippen LogP contribution in [-0.2, 0) is 14.8 Å². The fraction of sp³-hybridized carbons (Fsp3) is 0.154. The number of pyridine rings is 2. The lowest BCUT2D eigenvalue weighted by atomic mass is 10.0. The van der Waals surface area contributed by atoms with Crippen molar-refractivity contribution in [3.05, 3.63) is 78.6 Å². The summed E-state index contributed by atoms with van der Waals surface area (Å²) in [5, 5.41) is 0.911. The van der Waals surface area contributed by atoms with Crippen molar-refractivity contribution < 1.29 is 13.2 Å². The average molecular weight is 548 g/mol. The van der Waals surface area contributed by atoms with Crippen LogP contribution in [0.15, 0.2) is 78.3 Å². The van der Waals surface area contributed by atoms with Gasteiger partial charge in [-0.15, -0.1) is 0 Å². The zero-order chi connectivity index (χ0) is 26.1. The summed E-state index contributed by atoms with van der Waals surface area (Å²) in [5.41, 5.74) is 4.02. The maximum atomic E-state index is 12.8. The standard InChI is InChI=1S/C26H22ClN7O3S/c27-24-23(33-38(35,36)20-4-2-1-3-5-20)11-18(12-28-24)17-10-21-22(16-30-25(21)29-13-17)19-14-31-26(32-15-19)34-6-8-37-9-7-34/h1-5,10-16,33H,6-9H2,(H,29,30). The molecule has 0 saturated carbocycles. The smallest absolute Gasteiger partial charge is 0.261 e. The van der Waals surface area contributed by atoms with Gasteiger partial charge < -0.3 is 14.6 Å². The van der Waals surface area contributed by atoms with E-state index in [-0.39, 0.29) is 15.7 Å². The number of sulfonamides is 1. The van der Waals surface area contributed by atoms with Crippen LogP contribution in [0.5, 0.6) is 0 Å². The quantitative estimate of drug-likeness (QED) is 0.300. The number of aromatic nitrogens is 5. The van der Waals surface area contributed by atoms with E-state index >= 15 is 0 Å². The molecule has 1 aromatic carbocycles. The lowest BCUT2D eigenvalue weighted by Crippen LogP contribution is -2.37. The van der Waals surface area contributed by atoms with Gasteiger partial charge in [0, 0.05) is 71.7 Å². The first kappa shape index (κ1) is 24.3. The van der Waals surface area contributed by atoms with Crippen LogP contribution in [0.25, 0.3) is 33.3 Å². The molecule has 5 heterocycles. The molecule has 1 aliphatic rings. The van der Waals surface area contributed by atoms with Crippen LogP contribution in [0.1, 0.15) is 0 Å². The molecule has 38 heavy (non-hydrogen) atoms. The lowest BCUT2D eigenvalue weighted by molar-refractivity contribution is 0.122. The molecule has 5 aromatic rings. The van der Waals surface area contributed by atoms with E-state index in [0.29, 0.717) is 30.4 Å². The van der Waals surface area contributed by atoms with Crippen LogP contribution >= 0.6 is 11.6 Å². The summed E-state index contributed by atoms with van der Waals surface area (Å²) in [6.07, 6.45) is 8.74. The zero-order valence-corrected chi connectivity index (χ0v) is 21.6. The number of H-pyrrole nitrogens is 1. The van der Waals surface area contributed by atoms with Crippen molar-refractivity contribution >= 4 is 44.3 Å². The summed E-state index contributed by atoms with van der Waals surface area (Å²) < 4.78 is 33.6. The minimum absolute atomic E-state index is 0.0436. The Morgan fingerprint density at radius 1 is 0.895 bits per heavy atom. The Hall–Kier alpha value is -4.06. The molecule has 0 bridgehead atoms. The van der Waals surface area contributed by atoms with E-state index < -0.39 is 10.0 Å². The van der Waals surface area contributed by atoms with Gasteiger partial charge in [0.15, 0.2) is 5.15 Å². The highest BCUT2D eigenvalue weighted by atomic mass is 35.5. The summed E-state index contributed by atoms with van der Waals surface area (Å²) in [4.78, 5) is 23.3. The third kappa shape index (κ3) is 4.78. The first-order valence-electron chi connectivity index (χ1n) is 11.8. The Morgan fingerprint density at radius 3 is 2.34 bits per heavy atom. The van der Waals surface area contributed by atoms with E-state index in [9.17, 15) is 8.42 Å². The molecule has 12 heteroatoms. The van der Waals surface area contributed by atoms with Gasteiger partial charge in [0.2, 0.25) is 5.95 Å². The van der Waals surface area contributed by atoms with E-state index in [0.717, 1.165) is 35.2 Å². The second-order valence-corrected chi connectivity index (χ2v) is 10.7. The molecule has 1 aliphatic heterocycles. The molecule has 0 radical (unpaired) electrons. The summed E-state index contributed by atoms with van der Waals surface area (Å²) in [6.45, 7) is 2.85. The van der Waals surface area contributed by atoms with Crippen molar-refractivity contribution in [3.63, 3.8) is 0 Å². The molecule has 4 aromatic heterocycles. The highest BCUT2D eigenvalue weighted by Crippen LogP contribution is 2.33. The maximum absolute atomic E-state index is 12.8. The fourth-order valence-electron chi connectivity index (χ4n) is 4.27. The number of rotatable bonds is 6. The van der Waals surface area contributed by atoms with Gasteiger partial charge >= 0.3 is 0 Å². The predicted molar refractivity (Wildman–Crippen MR) is 146 cm³/mol. The van der Waals surface area contributed by atoms with E-state index in [1.54, 1.807) is 49.1 Å². The highest BCUT2D eigenvalue weighted by molar-refractivity contribution is 7.92. The monoisotopic (exact) mass is 547 g/mol. The first-order chi connectivity index (χ1) is 18.5. The van der Waals surface area contributed by atoms with Gasteiger partial charge in [-0.25, -0.2) is 28.4 Å². The molecule has 1 saturated heterocycles. The van der Waals surface area contributed by atoms with Gasteiger partial charge in [-0.1, -0.05) is 29.8 Å². The number of morpholine rings is 1. The Labute approximate surface area is 223 Å². The minimum Gasteiger partial charge on any atom is -0.378 e. The van der Waals surface area contributed by atoms with E-state index in [1.165, 1.54) is 12.1 Å².